The van der Waals surface area contributed by atoms with Gasteiger partial charge in [-0.2, -0.15) is 4.98 Å². The Morgan fingerprint density at radius 2 is 2.35 bits per heavy atom. The minimum atomic E-state index is 0.111. The van der Waals surface area contributed by atoms with E-state index in [1.807, 2.05) is 5.38 Å². The molecule has 90 valence electrons. The fraction of sp³-hybridized carbons (Fsp3) is 0.300. The predicted molar refractivity (Wildman–Crippen MR) is 70.2 cm³/mol. The van der Waals surface area contributed by atoms with Gasteiger partial charge in [0, 0.05) is 17.6 Å². The van der Waals surface area contributed by atoms with Crippen molar-refractivity contribution in [3.05, 3.63) is 27.8 Å². The zero-order chi connectivity index (χ0) is 12.3. The molecule has 1 atom stereocenters. The molecular weight excluding hydrogens is 258 g/mol. The summed E-state index contributed by atoms with van der Waals surface area (Å²) in [5, 5.41) is 6.53. The molecule has 0 saturated carbocycles. The SMILES string of the molecule is CCC(Nc1cc(Cl)nc(N)n1)c1nccs1. The van der Waals surface area contributed by atoms with Gasteiger partial charge in [-0.25, -0.2) is 9.97 Å². The maximum atomic E-state index is 5.82. The minimum Gasteiger partial charge on any atom is -0.368 e. The van der Waals surface area contributed by atoms with Crippen LogP contribution in [0.3, 0.4) is 0 Å². The molecule has 0 saturated heterocycles. The molecule has 2 heterocycles. The van der Waals surface area contributed by atoms with Crippen molar-refractivity contribution in [2.45, 2.75) is 19.4 Å². The molecule has 0 fully saturated rings. The van der Waals surface area contributed by atoms with E-state index in [-0.39, 0.29) is 12.0 Å². The van der Waals surface area contributed by atoms with Crippen LogP contribution in [0.1, 0.15) is 24.4 Å². The van der Waals surface area contributed by atoms with E-state index in [4.69, 9.17) is 17.3 Å². The molecule has 2 rings (SSSR count). The van der Waals surface area contributed by atoms with Crippen molar-refractivity contribution in [2.75, 3.05) is 11.1 Å². The minimum absolute atomic E-state index is 0.111. The lowest BCUT2D eigenvalue weighted by atomic mass is 10.2. The van der Waals surface area contributed by atoms with Crippen LogP contribution >= 0.6 is 22.9 Å². The second kappa shape index (κ2) is 5.29. The molecule has 0 aromatic carbocycles. The van der Waals surface area contributed by atoms with Crippen LogP contribution in [0.5, 0.6) is 0 Å². The number of anilines is 2. The standard InChI is InChI=1S/C10H12ClN5S/c1-2-6(9-13-3-4-17-9)14-8-5-7(11)15-10(12)16-8/h3-6H,2H2,1H3,(H3,12,14,15,16). The molecule has 0 bridgehead atoms. The van der Waals surface area contributed by atoms with Crippen molar-refractivity contribution in [1.82, 2.24) is 15.0 Å². The van der Waals surface area contributed by atoms with Crippen LogP contribution in [0.15, 0.2) is 17.6 Å². The second-order valence-electron chi connectivity index (χ2n) is 3.41. The number of aromatic nitrogens is 3. The summed E-state index contributed by atoms with van der Waals surface area (Å²) in [6, 6.07) is 1.76. The second-order valence-corrected chi connectivity index (χ2v) is 4.72. The number of nitrogens with one attached hydrogen (secondary N) is 1. The van der Waals surface area contributed by atoms with E-state index in [1.165, 1.54) is 0 Å². The fourth-order valence-electron chi connectivity index (χ4n) is 1.43. The lowest BCUT2D eigenvalue weighted by Gasteiger charge is -2.15. The van der Waals surface area contributed by atoms with Gasteiger partial charge in [0.25, 0.3) is 0 Å². The maximum absolute atomic E-state index is 5.82. The Bertz CT molecular complexity index is 467. The van der Waals surface area contributed by atoms with Crippen LogP contribution in [-0.4, -0.2) is 15.0 Å². The molecule has 0 amide bonds. The van der Waals surface area contributed by atoms with Crippen LogP contribution < -0.4 is 11.1 Å². The third-order valence-electron chi connectivity index (χ3n) is 2.19. The summed E-state index contributed by atoms with van der Waals surface area (Å²) >= 11 is 7.42. The van der Waals surface area contributed by atoms with E-state index in [0.29, 0.717) is 11.0 Å². The summed E-state index contributed by atoms with van der Waals surface area (Å²) in [4.78, 5) is 12.2. The highest BCUT2D eigenvalue weighted by atomic mass is 35.5. The Morgan fingerprint density at radius 3 is 2.94 bits per heavy atom. The smallest absolute Gasteiger partial charge is 0.223 e. The molecule has 0 spiro atoms. The van der Waals surface area contributed by atoms with Crippen molar-refractivity contribution in [3.8, 4) is 0 Å². The van der Waals surface area contributed by atoms with E-state index in [9.17, 15) is 0 Å². The molecule has 1 unspecified atom stereocenters. The predicted octanol–water partition coefficient (Wildman–Crippen LogP) is 2.73. The molecule has 0 aliphatic carbocycles. The Balaban J connectivity index is 2.18. The van der Waals surface area contributed by atoms with Crippen LogP contribution in [0.25, 0.3) is 0 Å². The summed E-state index contributed by atoms with van der Waals surface area (Å²) in [7, 11) is 0. The molecule has 2 aromatic heterocycles. The van der Waals surface area contributed by atoms with Crippen LogP contribution in [0, 0.1) is 0 Å². The third kappa shape index (κ3) is 3.04. The van der Waals surface area contributed by atoms with Crippen LogP contribution in [-0.2, 0) is 0 Å². The lowest BCUT2D eigenvalue weighted by molar-refractivity contribution is 0.737. The Morgan fingerprint density at radius 1 is 1.53 bits per heavy atom. The van der Waals surface area contributed by atoms with E-state index >= 15 is 0 Å². The Hall–Kier alpha value is -1.40. The first-order chi connectivity index (χ1) is 8.19. The van der Waals surface area contributed by atoms with Gasteiger partial charge in [-0.1, -0.05) is 18.5 Å². The zero-order valence-corrected chi connectivity index (χ0v) is 10.8. The molecular formula is C10H12ClN5S. The van der Waals surface area contributed by atoms with Gasteiger partial charge in [-0.3, -0.25) is 0 Å². The number of halogens is 1. The average Bonchev–Trinajstić information content (AvgIpc) is 2.77. The average molecular weight is 270 g/mol. The molecule has 2 aromatic rings. The van der Waals surface area contributed by atoms with E-state index in [1.54, 1.807) is 23.6 Å². The quantitative estimate of drug-likeness (QED) is 0.835. The summed E-state index contributed by atoms with van der Waals surface area (Å²) in [5.41, 5.74) is 5.54. The highest BCUT2D eigenvalue weighted by molar-refractivity contribution is 7.09. The summed E-state index contributed by atoms with van der Waals surface area (Å²) in [6.45, 7) is 2.07. The van der Waals surface area contributed by atoms with Gasteiger partial charge in [-0.15, -0.1) is 11.3 Å². The Kier molecular flexibility index (Phi) is 3.75. The zero-order valence-electron chi connectivity index (χ0n) is 9.22. The highest BCUT2D eigenvalue weighted by Crippen LogP contribution is 2.24. The van der Waals surface area contributed by atoms with Gasteiger partial charge in [0.1, 0.15) is 16.0 Å². The van der Waals surface area contributed by atoms with Crippen LogP contribution in [0.4, 0.5) is 11.8 Å². The highest BCUT2D eigenvalue weighted by Gasteiger charge is 2.13. The van der Waals surface area contributed by atoms with Gasteiger partial charge in [0.2, 0.25) is 5.95 Å². The molecule has 5 nitrogen and oxygen atoms in total. The van der Waals surface area contributed by atoms with E-state index in [0.717, 1.165) is 11.4 Å². The molecule has 3 N–H and O–H groups in total. The Labute approximate surface area is 108 Å². The molecule has 0 aliphatic rings. The number of hydrogen-bond acceptors (Lipinski definition) is 6. The van der Waals surface area contributed by atoms with Crippen molar-refractivity contribution in [2.24, 2.45) is 0 Å². The summed E-state index contributed by atoms with van der Waals surface area (Å²) < 4.78 is 0. The molecule has 0 radical (unpaired) electrons. The van der Waals surface area contributed by atoms with Gasteiger partial charge in [-0.05, 0) is 6.42 Å². The van der Waals surface area contributed by atoms with Gasteiger partial charge in [0.15, 0.2) is 0 Å². The van der Waals surface area contributed by atoms with Crippen molar-refractivity contribution < 1.29 is 0 Å². The first kappa shape index (κ1) is 12.1. The largest absolute Gasteiger partial charge is 0.368 e. The van der Waals surface area contributed by atoms with Gasteiger partial charge < -0.3 is 11.1 Å². The third-order valence-corrected chi connectivity index (χ3v) is 3.27. The number of nitrogens with zero attached hydrogens (tertiary/aromatic N) is 3. The van der Waals surface area contributed by atoms with Crippen molar-refractivity contribution in [3.63, 3.8) is 0 Å². The van der Waals surface area contributed by atoms with Gasteiger partial charge >= 0.3 is 0 Å². The van der Waals surface area contributed by atoms with Gasteiger partial charge in [0.05, 0.1) is 6.04 Å². The summed E-state index contributed by atoms with van der Waals surface area (Å²) in [5.74, 6) is 0.776. The number of hydrogen-bond donors (Lipinski definition) is 2. The number of nitrogen functional groups attached to an aromatic ring is 1. The summed E-state index contributed by atoms with van der Waals surface area (Å²) in [6.07, 6.45) is 2.68. The molecule has 0 aliphatic heterocycles. The first-order valence-electron chi connectivity index (χ1n) is 5.15. The topological polar surface area (TPSA) is 76.7 Å². The van der Waals surface area contributed by atoms with E-state index in [2.05, 4.69) is 27.2 Å². The van der Waals surface area contributed by atoms with Crippen molar-refractivity contribution in [1.29, 1.82) is 0 Å². The first-order valence-corrected chi connectivity index (χ1v) is 6.40. The monoisotopic (exact) mass is 269 g/mol. The molecule has 7 heteroatoms. The lowest BCUT2D eigenvalue weighted by Crippen LogP contribution is -2.11. The maximum Gasteiger partial charge on any atom is 0.223 e. The number of thiazole rings is 1. The van der Waals surface area contributed by atoms with Crippen molar-refractivity contribution >= 4 is 34.7 Å². The normalized spacial score (nSPS) is 12.4. The number of nitrogens with two attached hydrogens (primary N) is 1. The van der Waals surface area contributed by atoms with Crippen LogP contribution in [0.2, 0.25) is 5.15 Å². The van der Waals surface area contributed by atoms with E-state index < -0.39 is 0 Å². The molecule has 17 heavy (non-hydrogen) atoms. The number of rotatable bonds is 4. The fourth-order valence-corrected chi connectivity index (χ4v) is 2.40.